The number of sulfonamides is 1. The number of alkyl halides is 3. The van der Waals surface area contributed by atoms with Crippen LogP contribution in [0.3, 0.4) is 0 Å². The van der Waals surface area contributed by atoms with Crippen LogP contribution in [0.5, 0.6) is 0 Å². The van der Waals surface area contributed by atoms with Gasteiger partial charge in [0.25, 0.3) is 5.91 Å². The van der Waals surface area contributed by atoms with Gasteiger partial charge in [-0.25, -0.2) is 4.39 Å². The molecule has 10 heteroatoms. The molecule has 0 saturated carbocycles. The topological polar surface area (TPSA) is 66.5 Å². The van der Waals surface area contributed by atoms with Gasteiger partial charge in [-0.05, 0) is 29.8 Å². The van der Waals surface area contributed by atoms with E-state index in [1.54, 1.807) is 0 Å². The van der Waals surface area contributed by atoms with Crippen molar-refractivity contribution in [2.75, 3.05) is 9.62 Å². The highest BCUT2D eigenvalue weighted by Gasteiger charge is 2.46. The van der Waals surface area contributed by atoms with Crippen LogP contribution in [0.2, 0.25) is 0 Å². The lowest BCUT2D eigenvalue weighted by Crippen LogP contribution is -2.41. The van der Waals surface area contributed by atoms with Crippen molar-refractivity contribution < 1.29 is 30.8 Å². The maximum Gasteiger partial charge on any atom is 0.516 e. The van der Waals surface area contributed by atoms with E-state index in [0.29, 0.717) is 5.56 Å². The van der Waals surface area contributed by atoms with Crippen molar-refractivity contribution in [1.29, 1.82) is 0 Å². The van der Waals surface area contributed by atoms with Gasteiger partial charge in [-0.1, -0.05) is 18.2 Å². The second-order valence-electron chi connectivity index (χ2n) is 5.28. The second kappa shape index (κ2) is 5.73. The Balaban J connectivity index is 1.75. The SMILES string of the molecule is O=C1c2cccc(F)c2N1Cc1ccc(NS(=O)(=O)C(F)(F)F)cc1. The summed E-state index contributed by atoms with van der Waals surface area (Å²) in [6.45, 7) is 0.0130. The first-order valence-corrected chi connectivity index (χ1v) is 8.37. The molecule has 0 bridgehead atoms. The van der Waals surface area contributed by atoms with Crippen molar-refractivity contribution in [1.82, 2.24) is 0 Å². The summed E-state index contributed by atoms with van der Waals surface area (Å²) < 4.78 is 74.1. The van der Waals surface area contributed by atoms with Crippen molar-refractivity contribution in [3.63, 3.8) is 0 Å². The molecule has 0 unspecified atom stereocenters. The van der Waals surface area contributed by atoms with E-state index in [2.05, 4.69) is 0 Å². The molecule has 1 N–H and O–H groups in total. The van der Waals surface area contributed by atoms with E-state index in [1.165, 1.54) is 40.0 Å². The van der Waals surface area contributed by atoms with Gasteiger partial charge in [0.05, 0.1) is 17.8 Å². The number of carbonyl (C=O) groups excluding carboxylic acids is 1. The average Bonchev–Trinajstić information content (AvgIpc) is 2.52. The molecule has 0 saturated heterocycles. The predicted molar refractivity (Wildman–Crippen MR) is 82.0 cm³/mol. The van der Waals surface area contributed by atoms with Crippen LogP contribution in [0.4, 0.5) is 28.9 Å². The van der Waals surface area contributed by atoms with Gasteiger partial charge < -0.3 is 4.90 Å². The minimum absolute atomic E-state index is 0.0130. The Morgan fingerprint density at radius 3 is 2.28 bits per heavy atom. The maximum absolute atomic E-state index is 13.7. The molecule has 0 fully saturated rings. The lowest BCUT2D eigenvalue weighted by molar-refractivity contribution is -0.0429. The van der Waals surface area contributed by atoms with Crippen molar-refractivity contribution in [2.24, 2.45) is 0 Å². The summed E-state index contributed by atoms with van der Waals surface area (Å²) in [5, 5.41) is 0. The highest BCUT2D eigenvalue weighted by Crippen LogP contribution is 2.36. The van der Waals surface area contributed by atoms with Crippen molar-refractivity contribution in [3.05, 3.63) is 59.4 Å². The Kier molecular flexibility index (Phi) is 3.94. The summed E-state index contributed by atoms with van der Waals surface area (Å²) in [7, 11) is -5.50. The molecule has 0 atom stereocenters. The van der Waals surface area contributed by atoms with E-state index in [4.69, 9.17) is 0 Å². The number of nitrogens with one attached hydrogen (secondary N) is 1. The molecule has 5 nitrogen and oxygen atoms in total. The van der Waals surface area contributed by atoms with E-state index in [0.717, 1.165) is 12.1 Å². The van der Waals surface area contributed by atoms with Crippen molar-refractivity contribution in [2.45, 2.75) is 12.1 Å². The highest BCUT2D eigenvalue weighted by molar-refractivity contribution is 7.93. The molecule has 3 rings (SSSR count). The lowest BCUT2D eigenvalue weighted by atomic mass is 10.0. The molecule has 1 heterocycles. The first-order chi connectivity index (χ1) is 11.6. The molecular formula is C15H10F4N2O3S. The fourth-order valence-corrected chi connectivity index (χ4v) is 2.94. The average molecular weight is 374 g/mol. The fourth-order valence-electron chi connectivity index (χ4n) is 2.38. The fraction of sp³-hybridized carbons (Fsp3) is 0.133. The molecular weight excluding hydrogens is 364 g/mol. The van der Waals surface area contributed by atoms with Gasteiger partial charge in [-0.3, -0.25) is 9.52 Å². The zero-order valence-corrected chi connectivity index (χ0v) is 13.2. The maximum atomic E-state index is 13.7. The third-order valence-electron chi connectivity index (χ3n) is 3.58. The third kappa shape index (κ3) is 3.04. The zero-order chi connectivity index (χ0) is 18.4. The minimum atomic E-state index is -5.50. The number of hydrogen-bond donors (Lipinski definition) is 1. The quantitative estimate of drug-likeness (QED) is 0.836. The van der Waals surface area contributed by atoms with Gasteiger partial charge in [0.2, 0.25) is 0 Å². The standard InChI is InChI=1S/C15H10F4N2O3S/c16-12-3-1-2-11-13(12)21(14(11)22)8-9-4-6-10(7-5-9)20-25(23,24)15(17,18)19/h1-7,20H,8H2. The number of rotatable bonds is 4. The van der Waals surface area contributed by atoms with Crippen molar-refractivity contribution in [3.8, 4) is 0 Å². The van der Waals surface area contributed by atoms with Gasteiger partial charge >= 0.3 is 15.5 Å². The number of amides is 1. The number of benzene rings is 2. The molecule has 1 aliphatic rings. The van der Waals surface area contributed by atoms with Crippen LogP contribution in [0.1, 0.15) is 15.9 Å². The minimum Gasteiger partial charge on any atom is -0.300 e. The Labute approximate surface area is 139 Å². The molecule has 1 amide bonds. The molecule has 0 aromatic heterocycles. The van der Waals surface area contributed by atoms with E-state index < -0.39 is 21.3 Å². The van der Waals surface area contributed by atoms with Crippen LogP contribution in [0.25, 0.3) is 0 Å². The first-order valence-electron chi connectivity index (χ1n) is 6.88. The van der Waals surface area contributed by atoms with Crippen LogP contribution in [-0.4, -0.2) is 19.8 Å². The predicted octanol–water partition coefficient (Wildman–Crippen LogP) is 3.25. The molecule has 0 spiro atoms. The van der Waals surface area contributed by atoms with E-state index in [1.807, 2.05) is 0 Å². The lowest BCUT2D eigenvalue weighted by Gasteiger charge is -2.33. The van der Waals surface area contributed by atoms with Gasteiger partial charge in [-0.15, -0.1) is 0 Å². The van der Waals surface area contributed by atoms with E-state index in [-0.39, 0.29) is 29.4 Å². The van der Waals surface area contributed by atoms with Crippen LogP contribution >= 0.6 is 0 Å². The third-order valence-corrected chi connectivity index (χ3v) is 4.70. The van der Waals surface area contributed by atoms with Gasteiger partial charge in [0, 0.05) is 5.69 Å². The smallest absolute Gasteiger partial charge is 0.300 e. The molecule has 1 aliphatic heterocycles. The summed E-state index contributed by atoms with van der Waals surface area (Å²) in [6.07, 6.45) is 0. The number of halogens is 4. The summed E-state index contributed by atoms with van der Waals surface area (Å²) in [5.41, 5.74) is -4.78. The molecule has 0 aliphatic carbocycles. The highest BCUT2D eigenvalue weighted by atomic mass is 32.2. The van der Waals surface area contributed by atoms with E-state index >= 15 is 0 Å². The number of anilines is 2. The Morgan fingerprint density at radius 1 is 1.04 bits per heavy atom. The first kappa shape index (κ1) is 17.2. The summed E-state index contributed by atoms with van der Waals surface area (Å²) in [4.78, 5) is 13.1. The van der Waals surface area contributed by atoms with Gasteiger partial charge in [-0.2, -0.15) is 21.6 Å². The van der Waals surface area contributed by atoms with Gasteiger partial charge in [0.15, 0.2) is 0 Å². The molecule has 2 aromatic rings. The monoisotopic (exact) mass is 374 g/mol. The normalized spacial score (nSPS) is 14.1. The summed E-state index contributed by atoms with van der Waals surface area (Å²) >= 11 is 0. The number of carbonyl (C=O) groups is 1. The molecule has 132 valence electrons. The van der Waals surface area contributed by atoms with Crippen LogP contribution in [0, 0.1) is 5.82 Å². The number of para-hydroxylation sites is 1. The molecule has 25 heavy (non-hydrogen) atoms. The zero-order valence-electron chi connectivity index (χ0n) is 12.3. The largest absolute Gasteiger partial charge is 0.516 e. The number of nitrogens with zero attached hydrogens (tertiary/aromatic N) is 1. The van der Waals surface area contributed by atoms with E-state index in [9.17, 15) is 30.8 Å². The van der Waals surface area contributed by atoms with Crippen LogP contribution in [0.15, 0.2) is 42.5 Å². The number of hydrogen-bond acceptors (Lipinski definition) is 3. The van der Waals surface area contributed by atoms with Crippen LogP contribution < -0.4 is 9.62 Å². The molecule has 2 aromatic carbocycles. The summed E-state index contributed by atoms with van der Waals surface area (Å²) in [6, 6.07) is 9.08. The Morgan fingerprint density at radius 2 is 1.68 bits per heavy atom. The summed E-state index contributed by atoms with van der Waals surface area (Å²) in [5.74, 6) is -0.914. The Bertz CT molecular complexity index is 940. The van der Waals surface area contributed by atoms with Gasteiger partial charge in [0.1, 0.15) is 5.82 Å². The number of fused-ring (bicyclic) bond motifs is 1. The van der Waals surface area contributed by atoms with Crippen molar-refractivity contribution >= 4 is 27.3 Å². The second-order valence-corrected chi connectivity index (χ2v) is 6.95. The molecule has 0 radical (unpaired) electrons. The van der Waals surface area contributed by atoms with Crippen LogP contribution in [-0.2, 0) is 16.6 Å². The Hall–Kier alpha value is -2.62.